The third kappa shape index (κ3) is 3.74. The zero-order valence-electron chi connectivity index (χ0n) is 24.5. The van der Waals surface area contributed by atoms with Crippen LogP contribution in [0.15, 0.2) is 60.7 Å². The number of benzene rings is 2. The Morgan fingerprint density at radius 1 is 0.541 bits per heavy atom. The highest BCUT2D eigenvalue weighted by molar-refractivity contribution is 8.96. The van der Waals surface area contributed by atoms with Gasteiger partial charge in [0.2, 0.25) is 0 Å². The first kappa shape index (κ1) is 26.8. The van der Waals surface area contributed by atoms with Crippen LogP contribution in [0.2, 0.25) is 0 Å². The van der Waals surface area contributed by atoms with Crippen LogP contribution in [0.5, 0.6) is 0 Å². The Hall–Kier alpha value is -0.433. The zero-order valence-corrected chi connectivity index (χ0v) is 27.2. The zero-order chi connectivity index (χ0) is 26.4. The van der Waals surface area contributed by atoms with Gasteiger partial charge in [-0.25, -0.2) is 0 Å². The summed E-state index contributed by atoms with van der Waals surface area (Å²) in [5, 5.41) is 3.46. The molecular formula is C30H46B2N2P2Si. The van der Waals surface area contributed by atoms with E-state index in [0.717, 1.165) is 12.6 Å². The summed E-state index contributed by atoms with van der Waals surface area (Å²) in [6.07, 6.45) is 9.75. The van der Waals surface area contributed by atoms with Crippen LogP contribution in [-0.4, -0.2) is 51.8 Å². The Kier molecular flexibility index (Phi) is 6.35. The minimum Gasteiger partial charge on any atom is -0.326 e. The number of rotatable bonds is 4. The monoisotopic (exact) mass is 546 g/mol. The second-order valence-electron chi connectivity index (χ2n) is 14.6. The van der Waals surface area contributed by atoms with Crippen molar-refractivity contribution in [3.05, 3.63) is 60.7 Å². The molecule has 7 heteroatoms. The van der Waals surface area contributed by atoms with E-state index in [2.05, 4.69) is 126 Å². The van der Waals surface area contributed by atoms with Crippen molar-refractivity contribution < 1.29 is 0 Å². The molecule has 0 aliphatic carbocycles. The van der Waals surface area contributed by atoms with Crippen LogP contribution in [-0.2, 0) is 0 Å². The number of nitrogens with zero attached hydrogens (tertiary/aromatic N) is 2. The summed E-state index contributed by atoms with van der Waals surface area (Å²) in [6.45, 7) is 20.5. The summed E-state index contributed by atoms with van der Waals surface area (Å²) >= 11 is 0. The maximum absolute atomic E-state index is 3.11. The van der Waals surface area contributed by atoms with Crippen LogP contribution < -0.4 is 10.4 Å². The van der Waals surface area contributed by atoms with Crippen molar-refractivity contribution in [3.8, 4) is 0 Å². The molecule has 0 amide bonds. The van der Waals surface area contributed by atoms with E-state index in [1.807, 2.05) is 0 Å². The van der Waals surface area contributed by atoms with E-state index in [-0.39, 0.29) is 14.5 Å². The van der Waals surface area contributed by atoms with E-state index >= 15 is 0 Å². The molecule has 0 atom stereocenters. The van der Waals surface area contributed by atoms with Crippen molar-refractivity contribution >= 4 is 44.8 Å². The SMILES string of the molecule is CC1(C)CCCC(C)(C)N1B1P2B(N3C(C)(C)CCCC3(C)C)P1[Si]2(c1ccccc1)c1ccccc1. The molecule has 5 aliphatic heterocycles. The van der Waals surface area contributed by atoms with E-state index in [4.69, 9.17) is 0 Å². The molecule has 2 aromatic rings. The van der Waals surface area contributed by atoms with Crippen molar-refractivity contribution in [1.82, 2.24) is 9.62 Å². The average Bonchev–Trinajstić information content (AvgIpc) is 2.78. The lowest BCUT2D eigenvalue weighted by atomic mass is 9.75. The number of piperidine rings is 2. The Balaban J connectivity index is 1.52. The lowest BCUT2D eigenvalue weighted by Gasteiger charge is -2.82. The van der Waals surface area contributed by atoms with Gasteiger partial charge in [-0.1, -0.05) is 60.7 Å². The van der Waals surface area contributed by atoms with E-state index in [9.17, 15) is 0 Å². The van der Waals surface area contributed by atoms with Gasteiger partial charge in [-0.15, -0.1) is 14.5 Å². The minimum atomic E-state index is -1.80. The minimum absolute atomic E-state index is 0.161. The summed E-state index contributed by atoms with van der Waals surface area (Å²) in [7, 11) is -2.12. The van der Waals surface area contributed by atoms with Crippen LogP contribution in [0, 0.1) is 0 Å². The molecule has 37 heavy (non-hydrogen) atoms. The van der Waals surface area contributed by atoms with Gasteiger partial charge in [0.25, 0.3) is 12.6 Å². The fourth-order valence-electron chi connectivity index (χ4n) is 9.01. The number of hydrogen-bond acceptors (Lipinski definition) is 2. The Morgan fingerprint density at radius 2 is 0.838 bits per heavy atom. The Labute approximate surface area is 230 Å². The van der Waals surface area contributed by atoms with Gasteiger partial charge in [0, 0.05) is 22.2 Å². The molecule has 2 nitrogen and oxygen atoms in total. The third-order valence-corrected chi connectivity index (χ3v) is 37.3. The second kappa shape index (κ2) is 8.78. The molecule has 2 bridgehead atoms. The van der Waals surface area contributed by atoms with Crippen molar-refractivity contribution in [2.45, 2.75) is 116 Å². The lowest BCUT2D eigenvalue weighted by Crippen LogP contribution is -2.87. The van der Waals surface area contributed by atoms with Crippen LogP contribution in [0.25, 0.3) is 0 Å². The van der Waals surface area contributed by atoms with Crippen LogP contribution in [0.3, 0.4) is 0 Å². The van der Waals surface area contributed by atoms with Crippen molar-refractivity contribution in [2.24, 2.45) is 0 Å². The summed E-state index contributed by atoms with van der Waals surface area (Å²) in [5.41, 5.74) is 1.16. The van der Waals surface area contributed by atoms with E-state index in [0.29, 0.717) is 22.2 Å². The summed E-state index contributed by atoms with van der Waals surface area (Å²) in [4.78, 5) is 6.22. The number of hydrogen-bond donors (Lipinski definition) is 0. The first-order valence-electron chi connectivity index (χ1n) is 14.6. The maximum atomic E-state index is 3.11. The lowest BCUT2D eigenvalue weighted by molar-refractivity contribution is 0.0518. The molecule has 0 radical (unpaired) electrons. The maximum Gasteiger partial charge on any atom is 0.263 e. The van der Waals surface area contributed by atoms with Crippen LogP contribution in [0.4, 0.5) is 0 Å². The Bertz CT molecular complexity index is 1030. The fourth-order valence-corrected chi connectivity index (χ4v) is 42.4. The van der Waals surface area contributed by atoms with Gasteiger partial charge in [-0.3, -0.25) is 0 Å². The van der Waals surface area contributed by atoms with Gasteiger partial charge in [-0.2, -0.15) is 0 Å². The van der Waals surface area contributed by atoms with Crippen molar-refractivity contribution in [1.29, 1.82) is 0 Å². The van der Waals surface area contributed by atoms with Gasteiger partial charge in [0.15, 0.2) is 0 Å². The molecule has 0 spiro atoms. The largest absolute Gasteiger partial charge is 0.326 e. The first-order valence-corrected chi connectivity index (χ1v) is 21.3. The first-order chi connectivity index (χ1) is 17.4. The van der Waals surface area contributed by atoms with Gasteiger partial charge >= 0.3 is 0 Å². The predicted molar refractivity (Wildman–Crippen MR) is 171 cm³/mol. The smallest absolute Gasteiger partial charge is 0.263 e. The third-order valence-electron chi connectivity index (χ3n) is 10.3. The highest BCUT2D eigenvalue weighted by Gasteiger charge is 2.87. The molecule has 0 saturated carbocycles. The molecular weight excluding hydrogens is 500 g/mol. The molecule has 5 saturated heterocycles. The van der Waals surface area contributed by atoms with Crippen LogP contribution in [0.1, 0.15) is 93.9 Å². The highest BCUT2D eigenvalue weighted by Crippen LogP contribution is 2.98. The molecule has 0 aromatic heterocycles. The standard InChI is InChI=1S/C30H46B2N2P2Si/c1-27(2)21-15-22-28(3,4)33(27)31-35-32(34-29(5,6)23-16-24-30(34,7)8)36(31)37(35,25-17-11-9-12-18-25)26-19-13-10-14-20-26/h9-14,17-20H,15-16,21-24H2,1-8H3. The van der Waals surface area contributed by atoms with Crippen molar-refractivity contribution in [3.63, 3.8) is 0 Å². The molecule has 7 rings (SSSR count). The van der Waals surface area contributed by atoms with E-state index in [1.165, 1.54) is 38.5 Å². The average molecular weight is 546 g/mol. The molecule has 5 aliphatic rings. The molecule has 0 N–H and O–H groups in total. The summed E-state index contributed by atoms with van der Waals surface area (Å²) < 4.78 is 0. The van der Waals surface area contributed by atoms with Crippen molar-refractivity contribution in [2.75, 3.05) is 0 Å². The van der Waals surface area contributed by atoms with Gasteiger partial charge in [-0.05, 0) is 104 Å². The molecule has 0 unspecified atom stereocenters. The summed E-state index contributed by atoms with van der Waals surface area (Å²) in [5.74, 6) is 0. The Morgan fingerprint density at radius 3 is 1.14 bits per heavy atom. The quantitative estimate of drug-likeness (QED) is 0.294. The topological polar surface area (TPSA) is 6.48 Å². The molecule has 196 valence electrons. The summed E-state index contributed by atoms with van der Waals surface area (Å²) in [6, 6.07) is 23.8. The second-order valence-corrected chi connectivity index (χ2v) is 29.7. The van der Waals surface area contributed by atoms with Crippen LogP contribution >= 0.6 is 14.5 Å². The normalized spacial score (nSPS) is 31.4. The van der Waals surface area contributed by atoms with E-state index in [1.54, 1.807) is 10.4 Å². The van der Waals surface area contributed by atoms with Gasteiger partial charge < -0.3 is 9.62 Å². The van der Waals surface area contributed by atoms with E-state index < -0.39 is 7.41 Å². The van der Waals surface area contributed by atoms with Gasteiger partial charge in [0.05, 0.1) is 0 Å². The molecule has 5 fully saturated rings. The molecule has 2 aromatic carbocycles. The van der Waals surface area contributed by atoms with Gasteiger partial charge in [0.1, 0.15) is 7.41 Å². The predicted octanol–water partition coefficient (Wildman–Crippen LogP) is 7.29. The highest BCUT2D eigenvalue weighted by atomic mass is 31.7. The molecule has 5 heterocycles. The fraction of sp³-hybridized carbons (Fsp3) is 0.600.